The summed E-state index contributed by atoms with van der Waals surface area (Å²) in [6, 6.07) is 20.3. The van der Waals surface area contributed by atoms with E-state index in [1.54, 1.807) is 0 Å². The van der Waals surface area contributed by atoms with Crippen LogP contribution in [0.3, 0.4) is 0 Å². The van der Waals surface area contributed by atoms with Crippen LogP contribution in [-0.2, 0) is 18.3 Å². The molecule has 0 aliphatic carbocycles. The lowest BCUT2D eigenvalue weighted by atomic mass is 10.0. The quantitative estimate of drug-likeness (QED) is 0.359. The third-order valence-electron chi connectivity index (χ3n) is 5.78. The Morgan fingerprint density at radius 3 is 1.34 bits per heavy atom. The third kappa shape index (κ3) is 7.36. The maximum absolute atomic E-state index is 6.38. The van der Waals surface area contributed by atoms with E-state index >= 15 is 0 Å². The van der Waals surface area contributed by atoms with E-state index in [9.17, 15) is 0 Å². The Balaban J connectivity index is 1.50. The Hall–Kier alpha value is -2.27. The summed E-state index contributed by atoms with van der Waals surface area (Å²) in [5.41, 5.74) is 2.21. The minimum atomic E-state index is -1.68. The van der Waals surface area contributed by atoms with Gasteiger partial charge in [-0.1, -0.05) is 60.7 Å². The SMILES string of the molecule is C[Si](C)(C)OC[C@H]1N=C(CC2=N[C@H](CO[Si](C)(C)C)[C@@H](c3ccccc3)O2)O[C@@H]1c1ccccc1. The molecule has 0 saturated heterocycles. The third-order valence-corrected chi connectivity index (χ3v) is 7.84. The Kier molecular flexibility index (Phi) is 7.95. The second-order valence-electron chi connectivity index (χ2n) is 11.1. The van der Waals surface area contributed by atoms with E-state index in [4.69, 9.17) is 28.3 Å². The van der Waals surface area contributed by atoms with Gasteiger partial charge in [-0.25, -0.2) is 9.98 Å². The summed E-state index contributed by atoms with van der Waals surface area (Å²) in [5.74, 6) is 1.31. The zero-order valence-electron chi connectivity index (χ0n) is 21.7. The van der Waals surface area contributed by atoms with E-state index in [-0.39, 0.29) is 24.3 Å². The molecule has 0 bridgehead atoms. The molecule has 0 fully saturated rings. The molecule has 2 heterocycles. The molecule has 0 amide bonds. The number of hydrogen-bond acceptors (Lipinski definition) is 6. The first-order valence-electron chi connectivity index (χ1n) is 12.4. The summed E-state index contributed by atoms with van der Waals surface area (Å²) >= 11 is 0. The van der Waals surface area contributed by atoms with Gasteiger partial charge in [0.05, 0.1) is 19.6 Å². The van der Waals surface area contributed by atoms with Crippen LogP contribution in [0.4, 0.5) is 0 Å². The van der Waals surface area contributed by atoms with Crippen LogP contribution < -0.4 is 0 Å². The highest BCUT2D eigenvalue weighted by atomic mass is 28.4. The minimum absolute atomic E-state index is 0.0860. The lowest BCUT2D eigenvalue weighted by Crippen LogP contribution is -2.31. The Morgan fingerprint density at radius 1 is 0.629 bits per heavy atom. The number of ether oxygens (including phenoxy) is 2. The summed E-state index contributed by atoms with van der Waals surface area (Å²) in [4.78, 5) is 9.85. The second-order valence-corrected chi connectivity index (χ2v) is 20.1. The van der Waals surface area contributed by atoms with E-state index in [2.05, 4.69) is 63.5 Å². The normalized spacial score (nSPS) is 24.5. The molecule has 0 radical (unpaired) electrons. The smallest absolute Gasteiger partial charge is 0.193 e. The van der Waals surface area contributed by atoms with Gasteiger partial charge in [-0.2, -0.15) is 0 Å². The van der Waals surface area contributed by atoms with Gasteiger partial charge in [-0.05, 0) is 50.4 Å². The van der Waals surface area contributed by atoms with Crippen molar-refractivity contribution in [2.75, 3.05) is 13.2 Å². The highest BCUT2D eigenvalue weighted by Crippen LogP contribution is 2.34. The zero-order chi connectivity index (χ0) is 25.1. The maximum atomic E-state index is 6.38. The van der Waals surface area contributed by atoms with E-state index in [0.717, 1.165) is 11.1 Å². The van der Waals surface area contributed by atoms with Crippen molar-refractivity contribution in [1.29, 1.82) is 0 Å². The van der Waals surface area contributed by atoms with Crippen molar-refractivity contribution in [3.05, 3.63) is 71.8 Å². The average molecular weight is 511 g/mol. The summed E-state index contributed by atoms with van der Waals surface area (Å²) in [5, 5.41) is 0. The van der Waals surface area contributed by atoms with Crippen molar-refractivity contribution < 1.29 is 18.3 Å². The fourth-order valence-corrected chi connectivity index (χ4v) is 5.45. The van der Waals surface area contributed by atoms with Gasteiger partial charge in [0.25, 0.3) is 0 Å². The molecule has 4 rings (SSSR count). The van der Waals surface area contributed by atoms with E-state index in [1.165, 1.54) is 0 Å². The molecular formula is C27H38N2O4Si2. The first-order chi connectivity index (χ1) is 16.6. The van der Waals surface area contributed by atoms with Crippen LogP contribution in [0.15, 0.2) is 70.6 Å². The summed E-state index contributed by atoms with van der Waals surface area (Å²) < 4.78 is 25.2. The van der Waals surface area contributed by atoms with Crippen molar-refractivity contribution >= 4 is 28.4 Å². The van der Waals surface area contributed by atoms with Gasteiger partial charge >= 0.3 is 0 Å². The summed E-state index contributed by atoms with van der Waals surface area (Å²) in [7, 11) is -3.35. The molecule has 0 unspecified atom stereocenters. The molecule has 188 valence electrons. The van der Waals surface area contributed by atoms with E-state index in [0.29, 0.717) is 31.4 Å². The molecule has 8 heteroatoms. The molecular weight excluding hydrogens is 472 g/mol. The molecule has 0 saturated carbocycles. The highest BCUT2D eigenvalue weighted by molar-refractivity contribution is 6.70. The van der Waals surface area contributed by atoms with Crippen LogP contribution in [0.25, 0.3) is 0 Å². The van der Waals surface area contributed by atoms with Crippen LogP contribution in [0.2, 0.25) is 39.3 Å². The molecule has 0 N–H and O–H groups in total. The summed E-state index contributed by atoms with van der Waals surface area (Å²) in [6.45, 7) is 14.3. The van der Waals surface area contributed by atoms with Crippen molar-refractivity contribution in [3.63, 3.8) is 0 Å². The van der Waals surface area contributed by atoms with Gasteiger partial charge < -0.3 is 18.3 Å². The molecule has 2 aromatic carbocycles. The predicted octanol–water partition coefficient (Wildman–Crippen LogP) is 6.16. The number of rotatable bonds is 10. The van der Waals surface area contributed by atoms with E-state index in [1.807, 2.05) is 36.4 Å². The van der Waals surface area contributed by atoms with Crippen LogP contribution in [0, 0.1) is 0 Å². The second kappa shape index (κ2) is 10.8. The van der Waals surface area contributed by atoms with Crippen LogP contribution in [-0.4, -0.2) is 53.7 Å². The minimum Gasteiger partial charge on any atom is -0.470 e. The van der Waals surface area contributed by atoms with Gasteiger partial charge in [-0.3, -0.25) is 0 Å². The maximum Gasteiger partial charge on any atom is 0.193 e. The fraction of sp³-hybridized carbons (Fsp3) is 0.481. The van der Waals surface area contributed by atoms with Gasteiger partial charge in [0.1, 0.15) is 24.3 Å². The molecule has 2 aliphatic heterocycles. The van der Waals surface area contributed by atoms with Gasteiger partial charge in [0, 0.05) is 0 Å². The molecule has 6 nitrogen and oxygen atoms in total. The van der Waals surface area contributed by atoms with E-state index < -0.39 is 16.6 Å². The van der Waals surface area contributed by atoms with Gasteiger partial charge in [0.15, 0.2) is 28.4 Å². The highest BCUT2D eigenvalue weighted by Gasteiger charge is 2.38. The van der Waals surface area contributed by atoms with Crippen molar-refractivity contribution in [1.82, 2.24) is 0 Å². The summed E-state index contributed by atoms with van der Waals surface area (Å²) in [6.07, 6.45) is 0.0977. The Morgan fingerprint density at radius 2 is 1.00 bits per heavy atom. The van der Waals surface area contributed by atoms with Crippen molar-refractivity contribution in [2.45, 2.75) is 70.0 Å². The molecule has 35 heavy (non-hydrogen) atoms. The molecule has 4 atom stereocenters. The Labute approximate surface area is 211 Å². The van der Waals surface area contributed by atoms with Crippen LogP contribution >= 0.6 is 0 Å². The topological polar surface area (TPSA) is 61.6 Å². The number of benzene rings is 2. The predicted molar refractivity (Wildman–Crippen MR) is 146 cm³/mol. The molecule has 0 spiro atoms. The fourth-order valence-electron chi connectivity index (χ4n) is 4.11. The molecule has 0 aromatic heterocycles. The number of aliphatic imine (C=N–C) groups is 2. The lowest BCUT2D eigenvalue weighted by Gasteiger charge is -2.23. The monoisotopic (exact) mass is 510 g/mol. The van der Waals surface area contributed by atoms with Crippen molar-refractivity contribution in [2.24, 2.45) is 9.98 Å². The van der Waals surface area contributed by atoms with Gasteiger partial charge in [0.2, 0.25) is 0 Å². The number of hydrogen-bond donors (Lipinski definition) is 0. The Bertz CT molecular complexity index is 949. The first kappa shape index (κ1) is 25.8. The largest absolute Gasteiger partial charge is 0.470 e. The molecule has 2 aromatic rings. The van der Waals surface area contributed by atoms with Crippen molar-refractivity contribution in [3.8, 4) is 0 Å². The van der Waals surface area contributed by atoms with Crippen LogP contribution in [0.5, 0.6) is 0 Å². The average Bonchev–Trinajstić information content (AvgIpc) is 3.40. The molecule has 2 aliphatic rings. The number of nitrogens with zero attached hydrogens (tertiary/aromatic N) is 2. The van der Waals surface area contributed by atoms with Gasteiger partial charge in [-0.15, -0.1) is 0 Å². The lowest BCUT2D eigenvalue weighted by molar-refractivity contribution is 0.149. The standard InChI is InChI=1S/C27H38N2O4Si2/c1-34(2,3)30-18-22-26(20-13-9-7-10-14-20)32-24(28-22)17-25-29-23(19-31-35(4,5)6)27(33-25)21-15-11-8-12-16-21/h7-16,22-23,26-27H,17-19H2,1-6H3/t22-,23-,26-,27-/m1/s1. The van der Waals surface area contributed by atoms with Crippen LogP contribution in [0.1, 0.15) is 29.8 Å². The zero-order valence-corrected chi connectivity index (χ0v) is 23.7. The first-order valence-corrected chi connectivity index (χ1v) is 19.2.